The van der Waals surface area contributed by atoms with Crippen LogP contribution in [0.2, 0.25) is 0 Å². The summed E-state index contributed by atoms with van der Waals surface area (Å²) in [6.07, 6.45) is 7.23. The van der Waals surface area contributed by atoms with Crippen molar-refractivity contribution in [3.8, 4) is 0 Å². The molecule has 0 spiro atoms. The van der Waals surface area contributed by atoms with Crippen molar-refractivity contribution in [3.05, 3.63) is 0 Å². The van der Waals surface area contributed by atoms with E-state index in [1.54, 1.807) is 0 Å². The van der Waals surface area contributed by atoms with Gasteiger partial charge in [0.25, 0.3) is 0 Å². The summed E-state index contributed by atoms with van der Waals surface area (Å²) >= 11 is 0. The predicted molar refractivity (Wildman–Crippen MR) is 68.3 cm³/mol. The Labute approximate surface area is 100 Å². The second-order valence-electron chi connectivity index (χ2n) is 7.79. The molecule has 1 unspecified atom stereocenters. The molecule has 1 N–H and O–H groups in total. The van der Waals surface area contributed by atoms with Gasteiger partial charge in [0.1, 0.15) is 0 Å². The molecular formula is C15H27N. The summed E-state index contributed by atoms with van der Waals surface area (Å²) in [5.74, 6) is 1.94. The van der Waals surface area contributed by atoms with E-state index in [2.05, 4.69) is 33.0 Å². The zero-order valence-corrected chi connectivity index (χ0v) is 11.3. The molecule has 2 bridgehead atoms. The van der Waals surface area contributed by atoms with Crippen LogP contribution in [0.1, 0.15) is 59.8 Å². The van der Waals surface area contributed by atoms with Crippen LogP contribution >= 0.6 is 0 Å². The number of nitrogens with one attached hydrogen (secondary N) is 1. The lowest BCUT2D eigenvalue weighted by molar-refractivity contribution is 0.0751. The maximum atomic E-state index is 4.01. The largest absolute Gasteiger partial charge is 0.310 e. The van der Waals surface area contributed by atoms with Gasteiger partial charge in [-0.25, -0.2) is 0 Å². The van der Waals surface area contributed by atoms with Crippen LogP contribution in [0.3, 0.4) is 0 Å². The molecule has 0 heterocycles. The monoisotopic (exact) mass is 221 g/mol. The van der Waals surface area contributed by atoms with Gasteiger partial charge in [0.15, 0.2) is 0 Å². The molecular weight excluding hydrogens is 194 g/mol. The molecule has 1 heteroatoms. The van der Waals surface area contributed by atoms with Gasteiger partial charge >= 0.3 is 0 Å². The van der Waals surface area contributed by atoms with Crippen molar-refractivity contribution in [1.29, 1.82) is 0 Å². The van der Waals surface area contributed by atoms with Gasteiger partial charge < -0.3 is 5.32 Å². The van der Waals surface area contributed by atoms with E-state index in [0.29, 0.717) is 10.8 Å². The first-order valence-electron chi connectivity index (χ1n) is 7.18. The van der Waals surface area contributed by atoms with E-state index in [0.717, 1.165) is 23.9 Å². The van der Waals surface area contributed by atoms with E-state index in [1.165, 1.54) is 32.1 Å². The van der Waals surface area contributed by atoms with Crippen molar-refractivity contribution < 1.29 is 0 Å². The van der Waals surface area contributed by atoms with Crippen LogP contribution in [0.5, 0.6) is 0 Å². The third-order valence-electron chi connectivity index (χ3n) is 6.05. The van der Waals surface area contributed by atoms with Crippen LogP contribution in [-0.4, -0.2) is 12.1 Å². The maximum absolute atomic E-state index is 4.01. The molecule has 3 aliphatic carbocycles. The van der Waals surface area contributed by atoms with Crippen molar-refractivity contribution in [1.82, 2.24) is 5.32 Å². The highest BCUT2D eigenvalue weighted by Crippen LogP contribution is 2.62. The summed E-state index contributed by atoms with van der Waals surface area (Å²) in [6.45, 7) is 9.91. The molecule has 92 valence electrons. The summed E-state index contributed by atoms with van der Waals surface area (Å²) in [6, 6.07) is 1.60. The van der Waals surface area contributed by atoms with Gasteiger partial charge in [-0.15, -0.1) is 0 Å². The fourth-order valence-corrected chi connectivity index (χ4v) is 4.99. The molecule has 16 heavy (non-hydrogen) atoms. The maximum Gasteiger partial charge on any atom is 0.0177 e. The fraction of sp³-hybridized carbons (Fsp3) is 1.00. The van der Waals surface area contributed by atoms with Crippen molar-refractivity contribution in [3.63, 3.8) is 0 Å². The molecule has 0 aliphatic heterocycles. The van der Waals surface area contributed by atoms with Crippen LogP contribution in [0.15, 0.2) is 0 Å². The number of hydrogen-bond donors (Lipinski definition) is 1. The van der Waals surface area contributed by atoms with Gasteiger partial charge in [-0.3, -0.25) is 0 Å². The molecule has 0 aromatic heterocycles. The molecule has 3 aliphatic rings. The third-order valence-corrected chi connectivity index (χ3v) is 6.05. The lowest BCUT2D eigenvalue weighted by Crippen LogP contribution is -2.56. The highest BCUT2D eigenvalue weighted by atomic mass is 15.0. The highest BCUT2D eigenvalue weighted by molar-refractivity contribution is 5.13. The summed E-state index contributed by atoms with van der Waals surface area (Å²) in [5.41, 5.74) is 1.14. The van der Waals surface area contributed by atoms with E-state index in [1.807, 2.05) is 0 Å². The quantitative estimate of drug-likeness (QED) is 0.751. The fourth-order valence-electron chi connectivity index (χ4n) is 4.99. The van der Waals surface area contributed by atoms with E-state index >= 15 is 0 Å². The second kappa shape index (κ2) is 3.25. The summed E-state index contributed by atoms with van der Waals surface area (Å²) < 4.78 is 0. The lowest BCUT2D eigenvalue weighted by atomic mass is 9.67. The molecule has 0 radical (unpaired) electrons. The molecule has 0 amide bonds. The zero-order valence-electron chi connectivity index (χ0n) is 11.3. The Bertz CT molecular complexity index is 285. The van der Waals surface area contributed by atoms with E-state index in [-0.39, 0.29) is 0 Å². The van der Waals surface area contributed by atoms with E-state index in [4.69, 9.17) is 0 Å². The number of fused-ring (bicyclic) bond motifs is 2. The minimum Gasteiger partial charge on any atom is -0.310 e. The second-order valence-corrected chi connectivity index (χ2v) is 7.79. The van der Waals surface area contributed by atoms with Gasteiger partial charge in [-0.2, -0.15) is 0 Å². The molecule has 3 saturated carbocycles. The van der Waals surface area contributed by atoms with Gasteiger partial charge in [0.2, 0.25) is 0 Å². The van der Waals surface area contributed by atoms with Crippen LogP contribution < -0.4 is 5.32 Å². The van der Waals surface area contributed by atoms with Crippen molar-refractivity contribution in [2.45, 2.75) is 71.9 Å². The van der Waals surface area contributed by atoms with Crippen LogP contribution in [0.25, 0.3) is 0 Å². The standard InChI is InChI=1S/C15H27N/c1-10-7-12(8-10)16-13-14(2,3)11-5-6-15(13,4)9-11/h10-13,16H,5-9H2,1-4H3/t10?,11-,12?,13?,15+/m0/s1. The first-order chi connectivity index (χ1) is 7.42. The average molecular weight is 221 g/mol. The van der Waals surface area contributed by atoms with Gasteiger partial charge in [0.05, 0.1) is 0 Å². The van der Waals surface area contributed by atoms with Crippen LogP contribution in [-0.2, 0) is 0 Å². The summed E-state index contributed by atoms with van der Waals surface area (Å²) in [7, 11) is 0. The summed E-state index contributed by atoms with van der Waals surface area (Å²) in [4.78, 5) is 0. The SMILES string of the molecule is CC1CC(NC2C(C)(C)[C@H]3CC[C@]2(C)C3)C1. The molecule has 3 atom stereocenters. The van der Waals surface area contributed by atoms with Crippen LogP contribution in [0.4, 0.5) is 0 Å². The van der Waals surface area contributed by atoms with Crippen molar-refractivity contribution in [2.24, 2.45) is 22.7 Å². The number of rotatable bonds is 2. The van der Waals surface area contributed by atoms with Crippen molar-refractivity contribution >= 4 is 0 Å². The molecule has 3 rings (SSSR count). The Balaban J connectivity index is 1.73. The molecule has 3 fully saturated rings. The minimum absolute atomic E-state index is 0.534. The van der Waals surface area contributed by atoms with E-state index < -0.39 is 0 Å². The van der Waals surface area contributed by atoms with Gasteiger partial charge in [-0.1, -0.05) is 27.7 Å². The Kier molecular flexibility index (Phi) is 2.25. The first kappa shape index (κ1) is 11.1. The lowest BCUT2D eigenvalue weighted by Gasteiger charge is -2.47. The van der Waals surface area contributed by atoms with Gasteiger partial charge in [-0.05, 0) is 54.8 Å². The topological polar surface area (TPSA) is 12.0 Å². The normalized spacial score (nSPS) is 54.0. The Hall–Kier alpha value is -0.0400. The molecule has 0 saturated heterocycles. The molecule has 0 aromatic rings. The van der Waals surface area contributed by atoms with Gasteiger partial charge in [0, 0.05) is 12.1 Å². The molecule has 1 nitrogen and oxygen atoms in total. The minimum atomic E-state index is 0.534. The Morgan fingerprint density at radius 1 is 1.12 bits per heavy atom. The Morgan fingerprint density at radius 3 is 2.31 bits per heavy atom. The zero-order chi connectivity index (χ0) is 11.6. The van der Waals surface area contributed by atoms with Crippen molar-refractivity contribution in [2.75, 3.05) is 0 Å². The molecule has 0 aromatic carbocycles. The first-order valence-corrected chi connectivity index (χ1v) is 7.18. The third kappa shape index (κ3) is 1.40. The number of hydrogen-bond acceptors (Lipinski definition) is 1. The highest BCUT2D eigenvalue weighted by Gasteiger charge is 2.59. The summed E-state index contributed by atoms with van der Waals surface area (Å²) in [5, 5.41) is 4.01. The van der Waals surface area contributed by atoms with Crippen LogP contribution in [0, 0.1) is 22.7 Å². The Morgan fingerprint density at radius 2 is 1.81 bits per heavy atom. The predicted octanol–water partition coefficient (Wildman–Crippen LogP) is 3.59. The smallest absolute Gasteiger partial charge is 0.0177 e. The van der Waals surface area contributed by atoms with E-state index in [9.17, 15) is 0 Å². The average Bonchev–Trinajstić information content (AvgIpc) is 2.60.